The van der Waals surface area contributed by atoms with Crippen LogP contribution in [0.4, 0.5) is 10.6 Å². The quantitative estimate of drug-likeness (QED) is 0.598. The van der Waals surface area contributed by atoms with Crippen molar-refractivity contribution < 1.29 is 19.1 Å². The van der Waals surface area contributed by atoms with E-state index < -0.39 is 11.6 Å². The van der Waals surface area contributed by atoms with Crippen molar-refractivity contribution in [3.8, 4) is 0 Å². The molecule has 1 unspecified atom stereocenters. The van der Waals surface area contributed by atoms with E-state index in [1.165, 1.54) is 13.3 Å². The zero-order valence-corrected chi connectivity index (χ0v) is 21.9. The summed E-state index contributed by atoms with van der Waals surface area (Å²) >= 11 is 0. The highest BCUT2D eigenvalue weighted by atomic mass is 16.6. The molecule has 35 heavy (non-hydrogen) atoms. The zero-order chi connectivity index (χ0) is 25.5. The van der Waals surface area contributed by atoms with Gasteiger partial charge in [0.2, 0.25) is 0 Å². The van der Waals surface area contributed by atoms with Gasteiger partial charge in [-0.2, -0.15) is 0 Å². The second-order valence-electron chi connectivity index (χ2n) is 11.2. The SMILES string of the molecule is C=Cc1nc(C(=O)OC)cnc1N1CC2(C[C@H]2C)N(C2CCN(C(=O)OC(C)(C)C)CC2)C[C@H]1C. The van der Waals surface area contributed by atoms with E-state index in [4.69, 9.17) is 9.47 Å². The fourth-order valence-electron chi connectivity index (χ4n) is 5.64. The maximum atomic E-state index is 12.5. The van der Waals surface area contributed by atoms with Gasteiger partial charge < -0.3 is 19.3 Å². The van der Waals surface area contributed by atoms with Gasteiger partial charge in [0.15, 0.2) is 11.5 Å². The highest BCUT2D eigenvalue weighted by molar-refractivity contribution is 5.87. The maximum absolute atomic E-state index is 12.5. The summed E-state index contributed by atoms with van der Waals surface area (Å²) in [6.45, 7) is 17.4. The smallest absolute Gasteiger partial charge is 0.410 e. The molecule has 2 aliphatic heterocycles. The molecule has 1 aromatic heterocycles. The Morgan fingerprint density at radius 2 is 1.89 bits per heavy atom. The van der Waals surface area contributed by atoms with E-state index >= 15 is 0 Å². The average Bonchev–Trinajstić information content (AvgIpc) is 3.47. The van der Waals surface area contributed by atoms with Crippen LogP contribution in [-0.2, 0) is 9.47 Å². The number of amides is 1. The standard InChI is InChI=1S/C26H39N5O4/c1-8-20-22(27-14-21(28-20)23(32)34-7)30-16-26(13-17(26)2)31(15-18(30)3)19-9-11-29(12-10-19)24(33)35-25(4,5)6/h8,14,17-19H,1,9-13,15-16H2,2-7H3/t17-,18-,26?/m1/s1. The molecule has 0 N–H and O–H groups in total. The van der Waals surface area contributed by atoms with Crippen LogP contribution in [-0.4, -0.2) is 88.3 Å². The first kappa shape index (κ1) is 25.4. The minimum Gasteiger partial charge on any atom is -0.464 e. The van der Waals surface area contributed by atoms with Gasteiger partial charge in [0, 0.05) is 43.8 Å². The van der Waals surface area contributed by atoms with Crippen molar-refractivity contribution in [3.05, 3.63) is 24.2 Å². The molecule has 1 aromatic rings. The predicted octanol–water partition coefficient (Wildman–Crippen LogP) is 3.59. The van der Waals surface area contributed by atoms with Crippen LogP contribution >= 0.6 is 0 Å². The number of anilines is 1. The second-order valence-corrected chi connectivity index (χ2v) is 11.2. The molecule has 1 saturated carbocycles. The number of hydrogen-bond donors (Lipinski definition) is 0. The van der Waals surface area contributed by atoms with Crippen molar-refractivity contribution >= 4 is 24.0 Å². The summed E-state index contributed by atoms with van der Waals surface area (Å²) in [5, 5.41) is 0. The van der Waals surface area contributed by atoms with E-state index in [1.807, 2.05) is 25.7 Å². The minimum absolute atomic E-state index is 0.0897. The van der Waals surface area contributed by atoms with E-state index in [1.54, 1.807) is 6.08 Å². The van der Waals surface area contributed by atoms with Gasteiger partial charge in [0.05, 0.1) is 13.3 Å². The molecule has 1 spiro atoms. The summed E-state index contributed by atoms with van der Waals surface area (Å²) in [7, 11) is 1.34. The van der Waals surface area contributed by atoms with Crippen LogP contribution < -0.4 is 4.90 Å². The van der Waals surface area contributed by atoms with Crippen LogP contribution in [0.25, 0.3) is 6.08 Å². The number of likely N-dealkylation sites (tertiary alicyclic amines) is 1. The van der Waals surface area contributed by atoms with E-state index in [9.17, 15) is 9.59 Å². The van der Waals surface area contributed by atoms with Gasteiger partial charge in [0.1, 0.15) is 11.3 Å². The summed E-state index contributed by atoms with van der Waals surface area (Å²) < 4.78 is 10.4. The summed E-state index contributed by atoms with van der Waals surface area (Å²) in [6, 6.07) is 0.657. The molecular formula is C26H39N5O4. The van der Waals surface area contributed by atoms with Crippen molar-refractivity contribution in [2.24, 2.45) is 5.92 Å². The third-order valence-corrected chi connectivity index (χ3v) is 7.62. The molecule has 2 saturated heterocycles. The van der Waals surface area contributed by atoms with Gasteiger partial charge in [-0.3, -0.25) is 4.90 Å². The first-order valence-corrected chi connectivity index (χ1v) is 12.6. The van der Waals surface area contributed by atoms with Crippen molar-refractivity contribution in [1.82, 2.24) is 19.8 Å². The normalized spacial score (nSPS) is 27.6. The highest BCUT2D eigenvalue weighted by Gasteiger charge is 2.60. The number of nitrogens with zero attached hydrogens (tertiary/aromatic N) is 5. The summed E-state index contributed by atoms with van der Waals surface area (Å²) in [5.41, 5.74) is 0.396. The van der Waals surface area contributed by atoms with Gasteiger partial charge >= 0.3 is 12.1 Å². The number of rotatable bonds is 4. The van der Waals surface area contributed by atoms with Crippen molar-refractivity contribution in [1.29, 1.82) is 0 Å². The van der Waals surface area contributed by atoms with Crippen LogP contribution in [0.3, 0.4) is 0 Å². The molecule has 3 heterocycles. The molecule has 1 amide bonds. The Bertz CT molecular complexity index is 984. The van der Waals surface area contributed by atoms with Crippen LogP contribution in [0.2, 0.25) is 0 Å². The lowest BCUT2D eigenvalue weighted by Crippen LogP contribution is -2.64. The van der Waals surface area contributed by atoms with Crippen molar-refractivity contribution in [2.75, 3.05) is 38.2 Å². The number of piperidine rings is 1. The Balaban J connectivity index is 1.48. The van der Waals surface area contributed by atoms with Crippen LogP contribution in [0.1, 0.15) is 70.1 Å². The first-order chi connectivity index (χ1) is 16.5. The molecule has 9 heteroatoms. The number of hydrogen-bond acceptors (Lipinski definition) is 8. The molecule has 3 fully saturated rings. The topological polar surface area (TPSA) is 88.1 Å². The highest BCUT2D eigenvalue weighted by Crippen LogP contribution is 2.53. The number of ether oxygens (including phenoxy) is 2. The Hall–Kier alpha value is -2.68. The van der Waals surface area contributed by atoms with E-state index in [0.717, 1.165) is 51.3 Å². The number of methoxy groups -OCH3 is 1. The number of esters is 1. The fraction of sp³-hybridized carbons (Fsp3) is 0.692. The van der Waals surface area contributed by atoms with E-state index in [-0.39, 0.29) is 23.4 Å². The molecule has 9 nitrogen and oxygen atoms in total. The molecule has 0 bridgehead atoms. The lowest BCUT2D eigenvalue weighted by molar-refractivity contribution is 0.00350. The molecule has 3 aliphatic rings. The monoisotopic (exact) mass is 485 g/mol. The van der Waals surface area contributed by atoms with E-state index in [0.29, 0.717) is 17.7 Å². The van der Waals surface area contributed by atoms with Gasteiger partial charge in [-0.15, -0.1) is 0 Å². The fourth-order valence-corrected chi connectivity index (χ4v) is 5.64. The van der Waals surface area contributed by atoms with Gasteiger partial charge in [-0.1, -0.05) is 13.5 Å². The van der Waals surface area contributed by atoms with Crippen molar-refractivity contribution in [2.45, 2.75) is 77.1 Å². The van der Waals surface area contributed by atoms with Gasteiger partial charge in [-0.25, -0.2) is 19.6 Å². The number of piperazine rings is 1. The Kier molecular flexibility index (Phi) is 6.83. The summed E-state index contributed by atoms with van der Waals surface area (Å²) in [4.78, 5) is 40.4. The maximum Gasteiger partial charge on any atom is 0.410 e. The first-order valence-electron chi connectivity index (χ1n) is 12.6. The van der Waals surface area contributed by atoms with Gasteiger partial charge in [-0.05, 0) is 59.0 Å². The van der Waals surface area contributed by atoms with Crippen LogP contribution in [0.5, 0.6) is 0 Å². The zero-order valence-electron chi connectivity index (χ0n) is 21.9. The number of carbonyl (C=O) groups excluding carboxylic acids is 2. The molecule has 192 valence electrons. The predicted molar refractivity (Wildman–Crippen MR) is 134 cm³/mol. The molecule has 0 aromatic carbocycles. The van der Waals surface area contributed by atoms with Gasteiger partial charge in [0.25, 0.3) is 0 Å². The summed E-state index contributed by atoms with van der Waals surface area (Å²) in [5.74, 6) is 0.837. The van der Waals surface area contributed by atoms with Crippen LogP contribution in [0.15, 0.2) is 12.8 Å². The lowest BCUT2D eigenvalue weighted by Gasteiger charge is -2.51. The third-order valence-electron chi connectivity index (χ3n) is 7.62. The Morgan fingerprint density at radius 1 is 1.23 bits per heavy atom. The molecule has 4 rings (SSSR count). The molecule has 0 radical (unpaired) electrons. The second kappa shape index (κ2) is 9.41. The minimum atomic E-state index is -0.505. The molecule has 1 aliphatic carbocycles. The van der Waals surface area contributed by atoms with Crippen molar-refractivity contribution in [3.63, 3.8) is 0 Å². The average molecular weight is 486 g/mol. The number of carbonyl (C=O) groups is 2. The third kappa shape index (κ3) is 5.01. The summed E-state index contributed by atoms with van der Waals surface area (Å²) in [6.07, 6.45) is 5.97. The van der Waals surface area contributed by atoms with E-state index in [2.05, 4.69) is 40.2 Å². The lowest BCUT2D eigenvalue weighted by atomic mass is 9.95. The largest absolute Gasteiger partial charge is 0.464 e. The molecular weight excluding hydrogens is 446 g/mol. The van der Waals surface area contributed by atoms with Crippen LogP contribution in [0, 0.1) is 5.92 Å². The number of aromatic nitrogens is 2. The molecule has 3 atom stereocenters. The Morgan fingerprint density at radius 3 is 2.43 bits per heavy atom. The Labute approximate surface area is 208 Å².